The molecule has 2 fully saturated rings. The monoisotopic (exact) mass is 410 g/mol. The molecule has 1 spiro atoms. The Morgan fingerprint density at radius 2 is 1.80 bits per heavy atom. The van der Waals surface area contributed by atoms with Crippen molar-refractivity contribution in [1.82, 2.24) is 20.2 Å². The molecule has 1 aliphatic heterocycles. The Balaban J connectivity index is 1.48. The van der Waals surface area contributed by atoms with Gasteiger partial charge in [-0.15, -0.1) is 0 Å². The highest BCUT2D eigenvalue weighted by atomic mass is 16.3. The van der Waals surface area contributed by atoms with Gasteiger partial charge in [0.2, 0.25) is 5.95 Å². The molecule has 8 heteroatoms. The molecule has 3 N–H and O–H groups in total. The molecule has 0 radical (unpaired) electrons. The van der Waals surface area contributed by atoms with Gasteiger partial charge in [0.25, 0.3) is 0 Å². The second-order valence-corrected chi connectivity index (χ2v) is 8.50. The number of nitrogens with one attached hydrogen (secondary N) is 2. The van der Waals surface area contributed by atoms with Gasteiger partial charge < -0.3 is 15.7 Å². The van der Waals surface area contributed by atoms with Crippen molar-refractivity contribution in [2.24, 2.45) is 0 Å². The van der Waals surface area contributed by atoms with Crippen LogP contribution in [0.2, 0.25) is 0 Å². The highest BCUT2D eigenvalue weighted by molar-refractivity contribution is 5.95. The highest BCUT2D eigenvalue weighted by Gasteiger charge is 2.50. The van der Waals surface area contributed by atoms with Crippen molar-refractivity contribution in [3.63, 3.8) is 0 Å². The van der Waals surface area contributed by atoms with E-state index in [0.717, 1.165) is 25.7 Å². The average molecular weight is 411 g/mol. The second-order valence-electron chi connectivity index (χ2n) is 8.50. The summed E-state index contributed by atoms with van der Waals surface area (Å²) in [6, 6.07) is 10.6. The number of nitrogens with zero attached hydrogens (tertiary/aromatic N) is 4. The molecule has 0 unspecified atom stereocenters. The van der Waals surface area contributed by atoms with Crippen LogP contribution in [0.25, 0.3) is 0 Å². The maximum Gasteiger partial charge on any atom is 0.322 e. The minimum absolute atomic E-state index is 0.00616. The lowest BCUT2D eigenvalue weighted by Gasteiger charge is -2.48. The van der Waals surface area contributed by atoms with Gasteiger partial charge in [0.1, 0.15) is 0 Å². The normalized spacial score (nSPS) is 26.3. The molecule has 160 valence electrons. The van der Waals surface area contributed by atoms with E-state index in [1.165, 1.54) is 5.56 Å². The first-order valence-corrected chi connectivity index (χ1v) is 10.5. The van der Waals surface area contributed by atoms with Gasteiger partial charge in [-0.05, 0) is 45.3 Å². The molecular formula is C22H30N6O2. The van der Waals surface area contributed by atoms with E-state index in [1.54, 1.807) is 17.3 Å². The van der Waals surface area contributed by atoms with Crippen LogP contribution in [0, 0.1) is 0 Å². The zero-order valence-electron chi connectivity index (χ0n) is 17.6. The number of hydrogen-bond donors (Lipinski definition) is 3. The summed E-state index contributed by atoms with van der Waals surface area (Å²) in [7, 11) is 4.29. The van der Waals surface area contributed by atoms with Crippen LogP contribution >= 0.6 is 0 Å². The number of aliphatic hydroxyl groups excluding tert-OH is 1. The fourth-order valence-electron chi connectivity index (χ4n) is 4.80. The van der Waals surface area contributed by atoms with Crippen molar-refractivity contribution in [2.45, 2.75) is 36.8 Å². The summed E-state index contributed by atoms with van der Waals surface area (Å²) in [6.45, 7) is 1.03. The van der Waals surface area contributed by atoms with Crippen molar-refractivity contribution in [1.29, 1.82) is 0 Å². The van der Waals surface area contributed by atoms with Crippen LogP contribution in [0.4, 0.5) is 16.4 Å². The molecule has 2 aromatic rings. The summed E-state index contributed by atoms with van der Waals surface area (Å²) >= 11 is 0. The van der Waals surface area contributed by atoms with Gasteiger partial charge in [-0.2, -0.15) is 0 Å². The van der Waals surface area contributed by atoms with Crippen LogP contribution in [0.5, 0.6) is 0 Å². The zero-order chi connectivity index (χ0) is 21.2. The minimum Gasteiger partial charge on any atom is -0.395 e. The van der Waals surface area contributed by atoms with Crippen LogP contribution in [0.1, 0.15) is 31.2 Å². The molecule has 2 amide bonds. The Kier molecular flexibility index (Phi) is 5.62. The summed E-state index contributed by atoms with van der Waals surface area (Å²) in [5.74, 6) is 0.443. The van der Waals surface area contributed by atoms with Crippen LogP contribution in [0.15, 0.2) is 42.7 Å². The predicted octanol–water partition coefficient (Wildman–Crippen LogP) is 2.18. The number of rotatable bonds is 6. The number of carbonyl (C=O) groups is 1. The number of aromatic nitrogens is 2. The molecular weight excluding hydrogens is 380 g/mol. The smallest absolute Gasteiger partial charge is 0.322 e. The SMILES string of the molecule is CN(C)C1(c2ccccc2)CCC2(CC1)CN(c1cnc(NCCO)nc1)C(=O)N2. The van der Waals surface area contributed by atoms with E-state index in [4.69, 9.17) is 5.11 Å². The molecule has 30 heavy (non-hydrogen) atoms. The Labute approximate surface area is 177 Å². The van der Waals surface area contributed by atoms with E-state index in [9.17, 15) is 4.79 Å². The van der Waals surface area contributed by atoms with Crippen molar-refractivity contribution < 1.29 is 9.90 Å². The van der Waals surface area contributed by atoms with Gasteiger partial charge in [0, 0.05) is 12.1 Å². The number of urea groups is 1. The molecule has 0 atom stereocenters. The van der Waals surface area contributed by atoms with Gasteiger partial charge in [0.05, 0.1) is 36.8 Å². The minimum atomic E-state index is -0.223. The van der Waals surface area contributed by atoms with Gasteiger partial charge in [-0.1, -0.05) is 30.3 Å². The molecule has 1 aromatic carbocycles. The molecule has 2 heterocycles. The van der Waals surface area contributed by atoms with E-state index < -0.39 is 0 Å². The number of hydrogen-bond acceptors (Lipinski definition) is 6. The topological polar surface area (TPSA) is 93.6 Å². The largest absolute Gasteiger partial charge is 0.395 e. The number of aliphatic hydroxyl groups is 1. The number of benzene rings is 1. The maximum atomic E-state index is 12.8. The standard InChI is InChI=1S/C22H30N6O2/c1-27(2)22(17-6-4-3-5-7-17)10-8-21(9-11-22)16-28(20(30)26-21)18-14-24-19(25-15-18)23-12-13-29/h3-7,14-15,29H,8-13,16H2,1-2H3,(H,26,30)(H,23,24,25). The van der Waals surface area contributed by atoms with Gasteiger partial charge in [-0.3, -0.25) is 9.80 Å². The van der Waals surface area contributed by atoms with E-state index in [2.05, 4.69) is 69.9 Å². The van der Waals surface area contributed by atoms with Crippen LogP contribution in [-0.4, -0.2) is 65.3 Å². The second kappa shape index (κ2) is 8.20. The van der Waals surface area contributed by atoms with Crippen LogP contribution < -0.4 is 15.5 Å². The molecule has 2 aliphatic rings. The molecule has 1 saturated carbocycles. The summed E-state index contributed by atoms with van der Waals surface area (Å²) in [5.41, 5.74) is 1.80. The Morgan fingerprint density at radius 3 is 2.40 bits per heavy atom. The quantitative estimate of drug-likeness (QED) is 0.676. The summed E-state index contributed by atoms with van der Waals surface area (Å²) in [5, 5.41) is 15.1. The van der Waals surface area contributed by atoms with Gasteiger partial charge in [-0.25, -0.2) is 14.8 Å². The molecule has 1 saturated heterocycles. The lowest BCUT2D eigenvalue weighted by molar-refractivity contribution is 0.0658. The highest BCUT2D eigenvalue weighted by Crippen LogP contribution is 2.46. The third-order valence-corrected chi connectivity index (χ3v) is 6.62. The third-order valence-electron chi connectivity index (χ3n) is 6.62. The molecule has 0 bridgehead atoms. The first-order chi connectivity index (χ1) is 14.5. The zero-order valence-corrected chi connectivity index (χ0v) is 17.6. The Hall–Kier alpha value is -2.71. The van der Waals surface area contributed by atoms with E-state index in [1.807, 2.05) is 0 Å². The fraction of sp³-hybridized carbons (Fsp3) is 0.500. The van der Waals surface area contributed by atoms with Gasteiger partial charge in [0.15, 0.2) is 0 Å². The Morgan fingerprint density at radius 1 is 1.13 bits per heavy atom. The summed E-state index contributed by atoms with van der Waals surface area (Å²) in [4.78, 5) is 25.3. The average Bonchev–Trinajstić information content (AvgIpc) is 3.09. The van der Waals surface area contributed by atoms with Gasteiger partial charge >= 0.3 is 6.03 Å². The van der Waals surface area contributed by atoms with Crippen molar-refractivity contribution in [3.05, 3.63) is 48.3 Å². The fourth-order valence-corrected chi connectivity index (χ4v) is 4.80. The maximum absolute atomic E-state index is 12.8. The number of carbonyl (C=O) groups excluding carboxylic acids is 1. The van der Waals surface area contributed by atoms with Crippen molar-refractivity contribution in [3.8, 4) is 0 Å². The first kappa shape index (κ1) is 20.6. The van der Waals surface area contributed by atoms with E-state index in [0.29, 0.717) is 24.7 Å². The lowest BCUT2D eigenvalue weighted by atomic mass is 9.69. The summed E-state index contributed by atoms with van der Waals surface area (Å²) < 4.78 is 0. The predicted molar refractivity (Wildman–Crippen MR) is 116 cm³/mol. The Bertz CT molecular complexity index is 863. The van der Waals surface area contributed by atoms with Crippen LogP contribution in [0.3, 0.4) is 0 Å². The van der Waals surface area contributed by atoms with E-state index in [-0.39, 0.29) is 23.7 Å². The molecule has 4 rings (SSSR count). The van der Waals surface area contributed by atoms with Crippen molar-refractivity contribution in [2.75, 3.05) is 44.0 Å². The first-order valence-electron chi connectivity index (χ1n) is 10.5. The molecule has 8 nitrogen and oxygen atoms in total. The molecule has 1 aliphatic carbocycles. The number of anilines is 2. The lowest BCUT2D eigenvalue weighted by Crippen LogP contribution is -2.54. The van der Waals surface area contributed by atoms with E-state index >= 15 is 0 Å². The number of amides is 2. The third kappa shape index (κ3) is 3.73. The summed E-state index contributed by atoms with van der Waals surface area (Å²) in [6.07, 6.45) is 7.11. The van der Waals surface area contributed by atoms with Crippen LogP contribution in [-0.2, 0) is 5.54 Å². The molecule has 1 aromatic heterocycles. The van der Waals surface area contributed by atoms with Crippen molar-refractivity contribution >= 4 is 17.7 Å².